The first kappa shape index (κ1) is 40.7. The molecule has 0 fully saturated rings. The molecule has 10 nitrogen and oxygen atoms in total. The second-order valence-corrected chi connectivity index (χ2v) is 14.7. The Bertz CT molecular complexity index is 1910. The van der Waals surface area contributed by atoms with Crippen molar-refractivity contribution in [3.05, 3.63) is 132 Å². The molecule has 5 aromatic rings. The molecule has 2 aromatic heterocycles. The molecule has 2 amide bonds. The number of carbonyl (C=O) groups is 2. The molecule has 0 spiro atoms. The van der Waals surface area contributed by atoms with Crippen molar-refractivity contribution in [1.82, 2.24) is 25.6 Å². The van der Waals surface area contributed by atoms with Crippen LogP contribution in [0, 0.1) is 0 Å². The van der Waals surface area contributed by atoms with Crippen LogP contribution in [-0.4, -0.2) is 57.9 Å². The van der Waals surface area contributed by atoms with Crippen LogP contribution in [0.15, 0.2) is 110 Å². The third-order valence-corrected chi connectivity index (χ3v) is 9.42. The first-order valence-electron chi connectivity index (χ1n) is 19.1. The maximum atomic E-state index is 13.9. The van der Waals surface area contributed by atoms with E-state index < -0.39 is 24.8 Å². The van der Waals surface area contributed by atoms with Crippen molar-refractivity contribution in [2.75, 3.05) is 20.0 Å². The number of benzene rings is 3. The molecular weight excluding hydrogens is 691 g/mol. The topological polar surface area (TPSA) is 136 Å². The minimum Gasteiger partial charge on any atom is -0.494 e. The van der Waals surface area contributed by atoms with E-state index in [9.17, 15) is 14.7 Å². The van der Waals surface area contributed by atoms with E-state index in [-0.39, 0.29) is 24.3 Å². The zero-order valence-corrected chi connectivity index (χ0v) is 32.3. The summed E-state index contributed by atoms with van der Waals surface area (Å²) in [4.78, 5) is 40.9. The van der Waals surface area contributed by atoms with Gasteiger partial charge in [-0.25, -0.2) is 9.97 Å². The number of aliphatic hydroxyl groups excluding tert-OH is 1. The number of hydrogen-bond donors (Lipinski definition) is 3. The molecule has 1 unspecified atom stereocenters. The fraction of sp³-hybridized carbons (Fsp3) is 0.356. The van der Waals surface area contributed by atoms with E-state index in [0.29, 0.717) is 17.0 Å². The Morgan fingerprint density at radius 2 is 1.47 bits per heavy atom. The molecule has 0 bridgehead atoms. The fourth-order valence-electron chi connectivity index (χ4n) is 6.11. The van der Waals surface area contributed by atoms with E-state index in [2.05, 4.69) is 53.3 Å². The van der Waals surface area contributed by atoms with Crippen LogP contribution >= 0.6 is 0 Å². The highest BCUT2D eigenvalue weighted by molar-refractivity contribution is 5.97. The van der Waals surface area contributed by atoms with Crippen molar-refractivity contribution >= 4 is 11.8 Å². The summed E-state index contributed by atoms with van der Waals surface area (Å²) in [5, 5.41) is 15.3. The Hall–Kier alpha value is -5.45. The standard InChI is InChI=1S/C45H53N5O5/c1-5-6-7-8-9-25-55-39-22-18-33(19-23-39)37-28-47-42(48-29-37)34-14-12-32(13-15-34)26-40(49-43(52)35-16-20-38(21-17-35)45(2,3)4)44(53)50-41(30-54-31-51)36-11-10-24-46-27-36/h10-24,27-29,40-41,51H,5-9,25-26,30-31H2,1-4H3,(H,49,52)(H,50,53)/t40-,41?/m0/s1. The Morgan fingerprint density at radius 3 is 2.11 bits per heavy atom. The number of amides is 2. The van der Waals surface area contributed by atoms with Crippen molar-refractivity contribution in [3.63, 3.8) is 0 Å². The molecule has 0 saturated carbocycles. The summed E-state index contributed by atoms with van der Waals surface area (Å²) >= 11 is 0. The Labute approximate surface area is 324 Å². The number of unbranched alkanes of at least 4 members (excludes halogenated alkanes) is 4. The highest BCUT2D eigenvalue weighted by atomic mass is 16.6. The van der Waals surface area contributed by atoms with Gasteiger partial charge in [-0.15, -0.1) is 0 Å². The average molecular weight is 744 g/mol. The summed E-state index contributed by atoms with van der Waals surface area (Å²) in [6.45, 7) is 8.80. The number of nitrogens with one attached hydrogen (secondary N) is 2. The smallest absolute Gasteiger partial charge is 0.251 e. The van der Waals surface area contributed by atoms with Crippen LogP contribution in [0.1, 0.15) is 92.9 Å². The average Bonchev–Trinajstić information content (AvgIpc) is 3.21. The van der Waals surface area contributed by atoms with Gasteiger partial charge in [0.2, 0.25) is 5.91 Å². The van der Waals surface area contributed by atoms with Crippen molar-refractivity contribution in [2.45, 2.75) is 83.7 Å². The van der Waals surface area contributed by atoms with Gasteiger partial charge in [-0.05, 0) is 64.4 Å². The van der Waals surface area contributed by atoms with Crippen LogP contribution in [0.2, 0.25) is 0 Å². The molecule has 0 aliphatic carbocycles. The number of ether oxygens (including phenoxy) is 2. The molecule has 5 rings (SSSR count). The van der Waals surface area contributed by atoms with E-state index in [0.717, 1.165) is 46.6 Å². The maximum absolute atomic E-state index is 13.9. The minimum atomic E-state index is -0.924. The van der Waals surface area contributed by atoms with Crippen molar-refractivity contribution in [3.8, 4) is 28.3 Å². The lowest BCUT2D eigenvalue weighted by atomic mass is 9.86. The van der Waals surface area contributed by atoms with Crippen LogP contribution < -0.4 is 15.4 Å². The molecule has 3 N–H and O–H groups in total. The third-order valence-electron chi connectivity index (χ3n) is 9.42. The van der Waals surface area contributed by atoms with Crippen molar-refractivity contribution < 1.29 is 24.2 Å². The van der Waals surface area contributed by atoms with Gasteiger partial charge in [-0.3, -0.25) is 14.6 Å². The number of hydrogen-bond acceptors (Lipinski definition) is 8. The minimum absolute atomic E-state index is 0.0231. The summed E-state index contributed by atoms with van der Waals surface area (Å²) in [5.74, 6) is 0.660. The quantitative estimate of drug-likeness (QED) is 0.0572. The number of nitrogens with zero attached hydrogens (tertiary/aromatic N) is 3. The number of aliphatic hydroxyl groups is 1. The molecule has 55 heavy (non-hydrogen) atoms. The van der Waals surface area contributed by atoms with E-state index in [4.69, 9.17) is 9.47 Å². The van der Waals surface area contributed by atoms with E-state index >= 15 is 0 Å². The summed E-state index contributed by atoms with van der Waals surface area (Å²) in [6, 6.07) is 25.1. The predicted molar refractivity (Wildman–Crippen MR) is 215 cm³/mol. The largest absolute Gasteiger partial charge is 0.494 e. The van der Waals surface area contributed by atoms with Gasteiger partial charge >= 0.3 is 0 Å². The van der Waals surface area contributed by atoms with Crippen LogP contribution in [0.4, 0.5) is 0 Å². The van der Waals surface area contributed by atoms with Gasteiger partial charge in [0.05, 0.1) is 19.3 Å². The summed E-state index contributed by atoms with van der Waals surface area (Å²) in [7, 11) is 0. The highest BCUT2D eigenvalue weighted by Gasteiger charge is 2.26. The second-order valence-electron chi connectivity index (χ2n) is 14.7. The molecule has 0 aliphatic rings. The lowest BCUT2D eigenvalue weighted by Crippen LogP contribution is -2.49. The van der Waals surface area contributed by atoms with Crippen LogP contribution in [0.5, 0.6) is 5.75 Å². The molecule has 3 aromatic carbocycles. The molecule has 0 radical (unpaired) electrons. The Morgan fingerprint density at radius 1 is 0.782 bits per heavy atom. The molecule has 0 aliphatic heterocycles. The third kappa shape index (κ3) is 12.3. The lowest BCUT2D eigenvalue weighted by Gasteiger charge is -2.24. The van der Waals surface area contributed by atoms with E-state index in [1.54, 1.807) is 30.6 Å². The molecular formula is C45H53N5O5. The summed E-state index contributed by atoms with van der Waals surface area (Å²) in [5.41, 5.74) is 5.74. The SMILES string of the molecule is CCCCCCCOc1ccc(-c2cnc(-c3ccc(C[C@H](NC(=O)c4ccc(C(C)(C)C)cc4)C(=O)NC(COCO)c4cccnc4)cc3)nc2)cc1. The van der Waals surface area contributed by atoms with Gasteiger partial charge in [-0.2, -0.15) is 0 Å². The van der Waals surface area contributed by atoms with Gasteiger partial charge in [-0.1, -0.05) is 108 Å². The summed E-state index contributed by atoms with van der Waals surface area (Å²) < 4.78 is 11.2. The molecule has 288 valence electrons. The monoisotopic (exact) mass is 743 g/mol. The molecule has 0 saturated heterocycles. The summed E-state index contributed by atoms with van der Waals surface area (Å²) in [6.07, 6.45) is 13.1. The first-order valence-corrected chi connectivity index (χ1v) is 19.1. The van der Waals surface area contributed by atoms with Crippen molar-refractivity contribution in [2.24, 2.45) is 0 Å². The van der Waals surface area contributed by atoms with Gasteiger partial charge < -0.3 is 25.2 Å². The van der Waals surface area contributed by atoms with Gasteiger partial charge in [0.25, 0.3) is 5.91 Å². The predicted octanol–water partition coefficient (Wildman–Crippen LogP) is 8.02. The Kier molecular flexibility index (Phi) is 15.0. The van der Waals surface area contributed by atoms with Gasteiger partial charge in [0.15, 0.2) is 5.82 Å². The second kappa shape index (κ2) is 20.3. The van der Waals surface area contributed by atoms with Crippen molar-refractivity contribution in [1.29, 1.82) is 0 Å². The normalized spacial score (nSPS) is 12.5. The fourth-order valence-corrected chi connectivity index (χ4v) is 6.11. The first-order chi connectivity index (χ1) is 26.6. The lowest BCUT2D eigenvalue weighted by molar-refractivity contribution is -0.124. The molecule has 2 atom stereocenters. The molecule has 2 heterocycles. The van der Waals surface area contributed by atoms with Gasteiger partial charge in [0, 0.05) is 47.9 Å². The zero-order valence-electron chi connectivity index (χ0n) is 32.3. The highest BCUT2D eigenvalue weighted by Crippen LogP contribution is 2.25. The molecule has 10 heteroatoms. The number of carbonyl (C=O) groups excluding carboxylic acids is 2. The number of rotatable bonds is 19. The Balaban J connectivity index is 1.27. The van der Waals surface area contributed by atoms with Crippen LogP contribution in [0.3, 0.4) is 0 Å². The zero-order chi connectivity index (χ0) is 39.0. The number of pyridine rings is 1. The van der Waals surface area contributed by atoms with Crippen LogP contribution in [-0.2, 0) is 21.4 Å². The van der Waals surface area contributed by atoms with E-state index in [1.807, 2.05) is 79.1 Å². The van der Waals surface area contributed by atoms with Crippen LogP contribution in [0.25, 0.3) is 22.5 Å². The van der Waals surface area contributed by atoms with Gasteiger partial charge in [0.1, 0.15) is 18.6 Å². The maximum Gasteiger partial charge on any atom is 0.251 e. The van der Waals surface area contributed by atoms with E-state index in [1.165, 1.54) is 25.7 Å². The number of aromatic nitrogens is 3.